The summed E-state index contributed by atoms with van der Waals surface area (Å²) >= 11 is 0. The average molecular weight is 323 g/mol. The van der Waals surface area contributed by atoms with Gasteiger partial charge in [-0.3, -0.25) is 9.36 Å². The van der Waals surface area contributed by atoms with Crippen molar-refractivity contribution in [3.05, 3.63) is 0 Å². The van der Waals surface area contributed by atoms with Crippen molar-refractivity contribution < 1.29 is 27.9 Å². The molecule has 1 atom stereocenters. The van der Waals surface area contributed by atoms with Gasteiger partial charge in [-0.2, -0.15) is 5.10 Å². The van der Waals surface area contributed by atoms with Gasteiger partial charge in [-0.15, -0.1) is 0 Å². The van der Waals surface area contributed by atoms with E-state index in [4.69, 9.17) is 19.5 Å². The van der Waals surface area contributed by atoms with Crippen molar-refractivity contribution in [1.29, 1.82) is 0 Å². The molecule has 0 aliphatic carbocycles. The van der Waals surface area contributed by atoms with Gasteiger partial charge in [-0.05, 0) is 27.7 Å². The van der Waals surface area contributed by atoms with Crippen LogP contribution in [-0.2, 0) is 23.1 Å². The number of nitrogens with zero attached hydrogens (tertiary/aromatic N) is 1. The maximum Gasteiger partial charge on any atom is 0.350 e. The highest BCUT2D eigenvalue weighted by molar-refractivity contribution is 7.57. The van der Waals surface area contributed by atoms with E-state index in [0.29, 0.717) is 0 Å². The minimum absolute atomic E-state index is 0.0184. The van der Waals surface area contributed by atoms with E-state index in [1.54, 1.807) is 20.8 Å². The van der Waals surface area contributed by atoms with E-state index in [0.717, 1.165) is 14.2 Å². The Kier molecular flexibility index (Phi) is 7.02. The van der Waals surface area contributed by atoms with Crippen LogP contribution in [0.4, 0.5) is 4.79 Å². The molecule has 0 saturated heterocycles. The van der Waals surface area contributed by atoms with Gasteiger partial charge >= 0.3 is 19.6 Å². The quantitative estimate of drug-likeness (QED) is 0.327. The number of carbonyl (C=O) groups excluding carboxylic acids is 2. The summed E-state index contributed by atoms with van der Waals surface area (Å²) in [5.74, 6) is -0.845. The molecule has 0 aliphatic heterocycles. The molecule has 2 amide bonds. The fourth-order valence-corrected chi connectivity index (χ4v) is 2.77. The van der Waals surface area contributed by atoms with Crippen molar-refractivity contribution in [2.45, 2.75) is 39.0 Å². The molecule has 0 radical (unpaired) electrons. The summed E-state index contributed by atoms with van der Waals surface area (Å²) < 4.78 is 27.3. The van der Waals surface area contributed by atoms with E-state index < -0.39 is 30.9 Å². The van der Waals surface area contributed by atoms with E-state index >= 15 is 0 Å². The number of nitrogens with one attached hydrogen (secondary N) is 1. The lowest BCUT2D eigenvalue weighted by atomic mass is 10.2. The molecule has 122 valence electrons. The number of hydrazone groups is 1. The average Bonchev–Trinajstić information content (AvgIpc) is 2.34. The Bertz CT molecular complexity index is 463. The highest BCUT2D eigenvalue weighted by Crippen LogP contribution is 2.52. The first kappa shape index (κ1) is 19.6. The fraction of sp³-hybridized carbons (Fsp3) is 0.727. The van der Waals surface area contributed by atoms with Crippen LogP contribution in [0.5, 0.6) is 0 Å². The van der Waals surface area contributed by atoms with Crippen LogP contribution in [0.2, 0.25) is 0 Å². The lowest BCUT2D eigenvalue weighted by Crippen LogP contribution is -2.38. The summed E-state index contributed by atoms with van der Waals surface area (Å²) in [5, 5.41) is 3.60. The molecule has 21 heavy (non-hydrogen) atoms. The number of amides is 2. The van der Waals surface area contributed by atoms with E-state index in [2.05, 4.69) is 5.10 Å². The third-order valence-electron chi connectivity index (χ3n) is 2.19. The van der Waals surface area contributed by atoms with Crippen molar-refractivity contribution in [3.8, 4) is 0 Å². The van der Waals surface area contributed by atoms with Gasteiger partial charge in [-0.1, -0.05) is 0 Å². The highest BCUT2D eigenvalue weighted by atomic mass is 31.2. The zero-order valence-corrected chi connectivity index (χ0v) is 13.9. The molecule has 3 N–H and O–H groups in total. The molecule has 0 aromatic carbocycles. The van der Waals surface area contributed by atoms with Crippen molar-refractivity contribution in [2.24, 2.45) is 10.8 Å². The maximum absolute atomic E-state index is 12.5. The van der Waals surface area contributed by atoms with E-state index in [-0.39, 0.29) is 5.71 Å². The number of hydrogen-bond acceptors (Lipinski definition) is 7. The van der Waals surface area contributed by atoms with Gasteiger partial charge in [0.1, 0.15) is 5.60 Å². The van der Waals surface area contributed by atoms with Crippen molar-refractivity contribution in [3.63, 3.8) is 0 Å². The lowest BCUT2D eigenvalue weighted by Gasteiger charge is -2.27. The Morgan fingerprint density at radius 3 is 2.05 bits per heavy atom. The number of primary amides is 1. The van der Waals surface area contributed by atoms with Crippen molar-refractivity contribution >= 4 is 25.3 Å². The van der Waals surface area contributed by atoms with E-state index in [1.807, 2.05) is 5.43 Å². The van der Waals surface area contributed by atoms with E-state index in [1.165, 1.54) is 6.92 Å². The first-order valence-corrected chi connectivity index (χ1v) is 7.61. The monoisotopic (exact) mass is 323 g/mol. The van der Waals surface area contributed by atoms with Crippen LogP contribution in [0.15, 0.2) is 5.10 Å². The smallest absolute Gasteiger partial charge is 0.350 e. The Hall–Kier alpha value is -1.44. The molecule has 1 unspecified atom stereocenters. The topological polar surface area (TPSA) is 129 Å². The van der Waals surface area contributed by atoms with Crippen LogP contribution in [-0.4, -0.2) is 43.2 Å². The number of hydrogen-bond donors (Lipinski definition) is 2. The number of carbonyl (C=O) groups is 2. The fourth-order valence-electron chi connectivity index (χ4n) is 1.38. The second kappa shape index (κ2) is 7.53. The van der Waals surface area contributed by atoms with Crippen LogP contribution >= 0.6 is 7.60 Å². The van der Waals surface area contributed by atoms with Crippen LogP contribution in [0.25, 0.3) is 0 Å². The van der Waals surface area contributed by atoms with Crippen LogP contribution in [0.1, 0.15) is 27.7 Å². The van der Waals surface area contributed by atoms with Gasteiger partial charge in [0.15, 0.2) is 5.66 Å². The van der Waals surface area contributed by atoms with Crippen LogP contribution in [0.3, 0.4) is 0 Å². The third-order valence-corrected chi connectivity index (χ3v) is 4.43. The minimum atomic E-state index is -3.85. The normalized spacial score (nSPS) is 14.5. The second-order valence-corrected chi connectivity index (χ2v) is 7.40. The summed E-state index contributed by atoms with van der Waals surface area (Å²) in [6, 6.07) is -0.929. The van der Waals surface area contributed by atoms with Crippen LogP contribution in [0, 0.1) is 0 Å². The van der Waals surface area contributed by atoms with Gasteiger partial charge in [0.25, 0.3) is 0 Å². The van der Waals surface area contributed by atoms with Gasteiger partial charge in [0.2, 0.25) is 0 Å². The first-order valence-electron chi connectivity index (χ1n) is 6.00. The Morgan fingerprint density at radius 2 is 1.71 bits per heavy atom. The molecule has 9 nitrogen and oxygen atoms in total. The predicted molar refractivity (Wildman–Crippen MR) is 77.1 cm³/mol. The standard InChI is InChI=1S/C11H22N3O6P/c1-7(13-14-10(12)16)8(21(17,18-5)19-6)9(15)20-11(2,3)4/h8H,1-6H3,(H3,12,14,16)/b13-7+. The molecule has 0 aliphatic rings. The number of ether oxygens (including phenoxy) is 1. The van der Waals surface area contributed by atoms with Gasteiger partial charge in [0.05, 0.1) is 5.71 Å². The molecule has 0 saturated carbocycles. The number of nitrogens with two attached hydrogens (primary N) is 1. The van der Waals surface area contributed by atoms with Gasteiger partial charge < -0.3 is 19.5 Å². The molecule has 0 aromatic rings. The number of urea groups is 1. The molecule has 10 heteroatoms. The molecule has 0 fully saturated rings. The lowest BCUT2D eigenvalue weighted by molar-refractivity contribution is -0.153. The Morgan fingerprint density at radius 1 is 1.24 bits per heavy atom. The second-order valence-electron chi connectivity index (χ2n) is 5.07. The first-order chi connectivity index (χ1) is 9.46. The van der Waals surface area contributed by atoms with Gasteiger partial charge in [-0.25, -0.2) is 10.2 Å². The summed E-state index contributed by atoms with van der Waals surface area (Å²) in [6.07, 6.45) is 0. The molecule has 0 bridgehead atoms. The Labute approximate surface area is 123 Å². The van der Waals surface area contributed by atoms with Crippen LogP contribution < -0.4 is 11.2 Å². The zero-order valence-electron chi connectivity index (χ0n) is 13.0. The summed E-state index contributed by atoms with van der Waals surface area (Å²) in [5.41, 5.74) is 4.60. The Balaban J connectivity index is 5.58. The maximum atomic E-state index is 12.5. The molecule has 0 rings (SSSR count). The zero-order chi connectivity index (χ0) is 16.8. The molecule has 0 aromatic heterocycles. The highest BCUT2D eigenvalue weighted by Gasteiger charge is 2.45. The molecule has 0 spiro atoms. The van der Waals surface area contributed by atoms with Gasteiger partial charge in [0, 0.05) is 14.2 Å². The summed E-state index contributed by atoms with van der Waals surface area (Å²) in [7, 11) is -1.58. The van der Waals surface area contributed by atoms with Crippen molar-refractivity contribution in [1.82, 2.24) is 5.43 Å². The molecular weight excluding hydrogens is 301 g/mol. The molecular formula is C11H22N3O6P. The number of rotatable bonds is 6. The van der Waals surface area contributed by atoms with Crippen molar-refractivity contribution in [2.75, 3.05) is 14.2 Å². The largest absolute Gasteiger partial charge is 0.459 e. The summed E-state index contributed by atoms with van der Waals surface area (Å²) in [6.45, 7) is 6.33. The minimum Gasteiger partial charge on any atom is -0.459 e. The number of esters is 1. The SMILES string of the molecule is COP(=O)(OC)C(C(=O)OC(C)(C)C)/C(C)=N/NC(N)=O. The third kappa shape index (κ3) is 6.24. The summed E-state index contributed by atoms with van der Waals surface area (Å²) in [4.78, 5) is 22.9. The van der Waals surface area contributed by atoms with E-state index in [9.17, 15) is 14.2 Å². The molecule has 0 heterocycles. The predicted octanol–water partition coefficient (Wildman–Crippen LogP) is 1.23.